The zero-order valence-electron chi connectivity index (χ0n) is 12.9. The van der Waals surface area contributed by atoms with E-state index in [0.29, 0.717) is 18.6 Å². The second-order valence-corrected chi connectivity index (χ2v) is 5.09. The summed E-state index contributed by atoms with van der Waals surface area (Å²) >= 11 is 0. The van der Waals surface area contributed by atoms with Crippen LogP contribution in [0.1, 0.15) is 51.6 Å². The number of aliphatic carboxylic acids is 1. The van der Waals surface area contributed by atoms with Gasteiger partial charge in [-0.3, -0.25) is 0 Å². The highest BCUT2D eigenvalue weighted by molar-refractivity contribution is 5.72. The number of benzene rings is 1. The van der Waals surface area contributed by atoms with Gasteiger partial charge in [0, 0.05) is 17.7 Å². The number of hydrogen-bond acceptors (Lipinski definition) is 3. The molecule has 0 fully saturated rings. The Bertz CT molecular complexity index is 465. The zero-order chi connectivity index (χ0) is 15.8. The van der Waals surface area contributed by atoms with Crippen LogP contribution in [-0.4, -0.2) is 23.7 Å². The van der Waals surface area contributed by atoms with Crippen molar-refractivity contribution in [2.24, 2.45) is 0 Å². The van der Waals surface area contributed by atoms with Crippen LogP contribution in [0.3, 0.4) is 0 Å². The summed E-state index contributed by atoms with van der Waals surface area (Å²) < 4.78 is 19.0. The maximum Gasteiger partial charge on any atom is 0.344 e. The zero-order valence-corrected chi connectivity index (χ0v) is 12.9. The number of carboxylic acid groups (broad SMARTS) is 1. The molecular weight excluding hydrogens is 273 g/mol. The van der Waals surface area contributed by atoms with Gasteiger partial charge in [0.2, 0.25) is 0 Å². The van der Waals surface area contributed by atoms with Crippen molar-refractivity contribution in [2.45, 2.75) is 52.2 Å². The van der Waals surface area contributed by atoms with Gasteiger partial charge in [0.05, 0.1) is 0 Å². The molecule has 118 valence electrons. The van der Waals surface area contributed by atoms with E-state index in [2.05, 4.69) is 12.2 Å². The molecule has 4 nitrogen and oxygen atoms in total. The summed E-state index contributed by atoms with van der Waals surface area (Å²) in [4.78, 5) is 11.2. The Morgan fingerprint density at radius 1 is 1.38 bits per heavy atom. The summed E-state index contributed by atoms with van der Waals surface area (Å²) in [6.07, 6.45) is 1.11. The largest absolute Gasteiger partial charge is 0.479 e. The Hall–Kier alpha value is -1.62. The summed E-state index contributed by atoms with van der Waals surface area (Å²) in [5.41, 5.74) is 0.771. The van der Waals surface area contributed by atoms with Crippen LogP contribution < -0.4 is 10.1 Å². The predicted molar refractivity (Wildman–Crippen MR) is 80.1 cm³/mol. The maximum absolute atomic E-state index is 13.5. The fourth-order valence-corrected chi connectivity index (χ4v) is 2.09. The van der Waals surface area contributed by atoms with Crippen LogP contribution in [0.25, 0.3) is 0 Å². The molecule has 0 aliphatic heterocycles. The quantitative estimate of drug-likeness (QED) is 0.732. The van der Waals surface area contributed by atoms with E-state index in [1.807, 2.05) is 13.8 Å². The van der Waals surface area contributed by atoms with E-state index in [9.17, 15) is 14.3 Å². The van der Waals surface area contributed by atoms with Crippen molar-refractivity contribution in [1.82, 2.24) is 5.32 Å². The van der Waals surface area contributed by atoms with Gasteiger partial charge in [-0.1, -0.05) is 26.3 Å². The first-order valence-electron chi connectivity index (χ1n) is 7.41. The number of ether oxygens (including phenoxy) is 1. The molecule has 21 heavy (non-hydrogen) atoms. The molecule has 0 bridgehead atoms. The van der Waals surface area contributed by atoms with E-state index in [-0.39, 0.29) is 6.04 Å². The summed E-state index contributed by atoms with van der Waals surface area (Å²) in [5, 5.41) is 12.5. The monoisotopic (exact) mass is 297 g/mol. The van der Waals surface area contributed by atoms with Gasteiger partial charge in [0.15, 0.2) is 6.10 Å². The van der Waals surface area contributed by atoms with Gasteiger partial charge >= 0.3 is 5.97 Å². The number of rotatable bonds is 9. The van der Waals surface area contributed by atoms with Gasteiger partial charge < -0.3 is 15.2 Å². The van der Waals surface area contributed by atoms with Crippen molar-refractivity contribution in [3.63, 3.8) is 0 Å². The topological polar surface area (TPSA) is 58.6 Å². The molecule has 0 radical (unpaired) electrons. The molecule has 0 spiro atoms. The lowest BCUT2D eigenvalue weighted by Gasteiger charge is -2.21. The minimum Gasteiger partial charge on any atom is -0.479 e. The predicted octanol–water partition coefficient (Wildman–Crippen LogP) is 3.52. The first kappa shape index (κ1) is 17.4. The minimum atomic E-state index is -1.03. The van der Waals surface area contributed by atoms with E-state index < -0.39 is 17.9 Å². The van der Waals surface area contributed by atoms with E-state index in [1.54, 1.807) is 6.07 Å². The molecule has 5 heteroatoms. The molecule has 2 atom stereocenters. The van der Waals surface area contributed by atoms with Crippen molar-refractivity contribution >= 4 is 5.97 Å². The normalized spacial score (nSPS) is 13.7. The number of nitrogens with one attached hydrogen (secondary N) is 1. The summed E-state index contributed by atoms with van der Waals surface area (Å²) in [6.45, 7) is 6.72. The summed E-state index contributed by atoms with van der Waals surface area (Å²) in [5.74, 6) is -1.16. The number of carbonyl (C=O) groups is 1. The van der Waals surface area contributed by atoms with Crippen molar-refractivity contribution < 1.29 is 19.0 Å². The van der Waals surface area contributed by atoms with E-state index >= 15 is 0 Å². The van der Waals surface area contributed by atoms with Gasteiger partial charge in [-0.05, 0) is 32.4 Å². The third-order valence-electron chi connectivity index (χ3n) is 3.24. The van der Waals surface area contributed by atoms with Crippen molar-refractivity contribution in [3.8, 4) is 5.75 Å². The molecule has 1 aromatic carbocycles. The first-order chi connectivity index (χ1) is 9.99. The SMILES string of the molecule is CCCNC(C)c1ccc(F)cc1OC(CCC)C(=O)O. The Kier molecular flexibility index (Phi) is 7.15. The Balaban J connectivity index is 2.97. The number of hydrogen-bond donors (Lipinski definition) is 2. The van der Waals surface area contributed by atoms with Crippen LogP contribution >= 0.6 is 0 Å². The molecule has 0 saturated heterocycles. The molecule has 0 aliphatic carbocycles. The highest BCUT2D eigenvalue weighted by Gasteiger charge is 2.21. The van der Waals surface area contributed by atoms with Gasteiger partial charge in [0.25, 0.3) is 0 Å². The smallest absolute Gasteiger partial charge is 0.344 e. The first-order valence-corrected chi connectivity index (χ1v) is 7.41. The lowest BCUT2D eigenvalue weighted by Crippen LogP contribution is -2.28. The van der Waals surface area contributed by atoms with E-state index in [4.69, 9.17) is 4.74 Å². The van der Waals surface area contributed by atoms with Crippen molar-refractivity contribution in [1.29, 1.82) is 0 Å². The van der Waals surface area contributed by atoms with Crippen molar-refractivity contribution in [2.75, 3.05) is 6.54 Å². The molecule has 0 amide bonds. The van der Waals surface area contributed by atoms with Crippen LogP contribution in [0.2, 0.25) is 0 Å². The standard InChI is InChI=1S/C16H24FNO3/c1-4-6-14(16(19)20)21-15-10-12(17)7-8-13(15)11(3)18-9-5-2/h7-8,10-11,14,18H,4-6,9H2,1-3H3,(H,19,20). The average molecular weight is 297 g/mol. The Morgan fingerprint density at radius 3 is 2.67 bits per heavy atom. The van der Waals surface area contributed by atoms with Gasteiger partial charge in [-0.15, -0.1) is 0 Å². The highest BCUT2D eigenvalue weighted by atomic mass is 19.1. The van der Waals surface area contributed by atoms with Crippen LogP contribution in [0.4, 0.5) is 4.39 Å². The molecule has 1 aromatic rings. The molecule has 0 aromatic heterocycles. The third-order valence-corrected chi connectivity index (χ3v) is 3.24. The van der Waals surface area contributed by atoms with Gasteiger partial charge in [-0.2, -0.15) is 0 Å². The van der Waals surface area contributed by atoms with Crippen LogP contribution in [0.5, 0.6) is 5.75 Å². The highest BCUT2D eigenvalue weighted by Crippen LogP contribution is 2.27. The van der Waals surface area contributed by atoms with E-state index in [0.717, 1.165) is 18.5 Å². The van der Waals surface area contributed by atoms with Gasteiger partial charge in [0.1, 0.15) is 11.6 Å². The molecule has 0 saturated carbocycles. The fourth-order valence-electron chi connectivity index (χ4n) is 2.09. The molecule has 0 heterocycles. The summed E-state index contributed by atoms with van der Waals surface area (Å²) in [7, 11) is 0. The molecular formula is C16H24FNO3. The summed E-state index contributed by atoms with van der Waals surface area (Å²) in [6, 6.07) is 4.23. The minimum absolute atomic E-state index is 0.0309. The molecule has 2 N–H and O–H groups in total. The molecule has 0 aliphatic rings. The molecule has 2 unspecified atom stereocenters. The lowest BCUT2D eigenvalue weighted by atomic mass is 10.1. The van der Waals surface area contributed by atoms with Crippen LogP contribution in [0, 0.1) is 5.82 Å². The van der Waals surface area contributed by atoms with Crippen LogP contribution in [-0.2, 0) is 4.79 Å². The van der Waals surface area contributed by atoms with Gasteiger partial charge in [-0.25, -0.2) is 9.18 Å². The Labute approximate surface area is 125 Å². The van der Waals surface area contributed by atoms with Crippen LogP contribution in [0.15, 0.2) is 18.2 Å². The van der Waals surface area contributed by atoms with E-state index in [1.165, 1.54) is 12.1 Å². The fraction of sp³-hybridized carbons (Fsp3) is 0.562. The number of carboxylic acids is 1. The molecule has 1 rings (SSSR count). The second-order valence-electron chi connectivity index (χ2n) is 5.09. The second kappa shape index (κ2) is 8.62. The lowest BCUT2D eigenvalue weighted by molar-refractivity contribution is -0.145. The number of halogens is 1. The van der Waals surface area contributed by atoms with Crippen molar-refractivity contribution in [3.05, 3.63) is 29.6 Å². The maximum atomic E-state index is 13.5. The average Bonchev–Trinajstić information content (AvgIpc) is 2.44. The third kappa shape index (κ3) is 5.34. The Morgan fingerprint density at radius 2 is 2.10 bits per heavy atom.